The Bertz CT molecular complexity index is 1080. The SMILES string of the molecule is CCOC(=O)C1=C(C)N(Cc2ccc(C(=O)N(CC)CC)cc2)C(=O)CC1c1ccccc1C. The number of hydrogen-bond donors (Lipinski definition) is 0. The van der Waals surface area contributed by atoms with Gasteiger partial charge in [0, 0.05) is 36.7 Å². The molecule has 6 heteroatoms. The zero-order valence-corrected chi connectivity index (χ0v) is 20.8. The zero-order chi connectivity index (χ0) is 24.8. The normalized spacial score (nSPS) is 16.0. The van der Waals surface area contributed by atoms with Crippen LogP contribution < -0.4 is 0 Å². The van der Waals surface area contributed by atoms with Crippen LogP contribution in [0.15, 0.2) is 59.8 Å². The minimum Gasteiger partial charge on any atom is -0.463 e. The number of carbonyl (C=O) groups excluding carboxylic acids is 3. The third kappa shape index (κ3) is 5.22. The molecule has 1 unspecified atom stereocenters. The molecule has 2 amide bonds. The molecule has 1 aliphatic rings. The van der Waals surface area contributed by atoms with Gasteiger partial charge in [-0.3, -0.25) is 9.59 Å². The van der Waals surface area contributed by atoms with Gasteiger partial charge >= 0.3 is 5.97 Å². The summed E-state index contributed by atoms with van der Waals surface area (Å²) in [5.74, 6) is -0.765. The van der Waals surface area contributed by atoms with Crippen molar-refractivity contribution < 1.29 is 19.1 Å². The average Bonchev–Trinajstić information content (AvgIpc) is 2.83. The van der Waals surface area contributed by atoms with E-state index in [0.717, 1.165) is 16.7 Å². The van der Waals surface area contributed by atoms with Gasteiger partial charge in [0.1, 0.15) is 0 Å². The Morgan fingerprint density at radius 1 is 1.00 bits per heavy atom. The zero-order valence-electron chi connectivity index (χ0n) is 20.8. The minimum atomic E-state index is -0.383. The fraction of sp³-hybridized carbons (Fsp3) is 0.393. The van der Waals surface area contributed by atoms with Crippen LogP contribution in [0, 0.1) is 6.92 Å². The Kier molecular flexibility index (Phi) is 8.26. The number of hydrogen-bond acceptors (Lipinski definition) is 4. The van der Waals surface area contributed by atoms with E-state index in [-0.39, 0.29) is 36.7 Å². The van der Waals surface area contributed by atoms with Crippen LogP contribution in [0.1, 0.15) is 67.1 Å². The topological polar surface area (TPSA) is 66.9 Å². The highest BCUT2D eigenvalue weighted by Gasteiger charge is 2.37. The predicted octanol–water partition coefficient (Wildman–Crippen LogP) is 4.83. The van der Waals surface area contributed by atoms with Gasteiger partial charge in [-0.25, -0.2) is 4.79 Å². The molecule has 1 aliphatic heterocycles. The molecule has 2 aromatic carbocycles. The molecule has 6 nitrogen and oxygen atoms in total. The van der Waals surface area contributed by atoms with Gasteiger partial charge in [-0.2, -0.15) is 0 Å². The molecular weight excluding hydrogens is 428 g/mol. The number of carbonyl (C=O) groups is 3. The summed E-state index contributed by atoms with van der Waals surface area (Å²) in [4.78, 5) is 42.3. The van der Waals surface area contributed by atoms with Crippen LogP contribution in [0.2, 0.25) is 0 Å². The van der Waals surface area contributed by atoms with Crippen LogP contribution >= 0.6 is 0 Å². The largest absolute Gasteiger partial charge is 0.463 e. The maximum absolute atomic E-state index is 13.3. The molecule has 0 saturated heterocycles. The van der Waals surface area contributed by atoms with Crippen molar-refractivity contribution in [1.29, 1.82) is 0 Å². The molecule has 0 N–H and O–H groups in total. The minimum absolute atomic E-state index is 0.00709. The fourth-order valence-corrected chi connectivity index (χ4v) is 4.55. The molecular formula is C28H34N2O4. The molecule has 1 heterocycles. The van der Waals surface area contributed by atoms with Gasteiger partial charge < -0.3 is 14.5 Å². The highest BCUT2D eigenvalue weighted by Crippen LogP contribution is 2.38. The summed E-state index contributed by atoms with van der Waals surface area (Å²) >= 11 is 0. The Morgan fingerprint density at radius 2 is 1.65 bits per heavy atom. The quantitative estimate of drug-likeness (QED) is 0.527. The average molecular weight is 463 g/mol. The van der Waals surface area contributed by atoms with Crippen LogP contribution in [0.3, 0.4) is 0 Å². The number of nitrogens with zero attached hydrogens (tertiary/aromatic N) is 2. The van der Waals surface area contributed by atoms with Gasteiger partial charge in [-0.05, 0) is 63.4 Å². The van der Waals surface area contributed by atoms with Gasteiger partial charge in [0.05, 0.1) is 18.7 Å². The molecule has 2 aromatic rings. The van der Waals surface area contributed by atoms with Crippen LogP contribution in [0.5, 0.6) is 0 Å². The highest BCUT2D eigenvalue weighted by molar-refractivity contribution is 5.96. The van der Waals surface area contributed by atoms with Crippen molar-refractivity contribution in [3.63, 3.8) is 0 Å². The van der Waals surface area contributed by atoms with Crippen LogP contribution in [-0.4, -0.2) is 47.3 Å². The van der Waals surface area contributed by atoms with Gasteiger partial charge in [0.2, 0.25) is 5.91 Å². The summed E-state index contributed by atoms with van der Waals surface area (Å²) in [5.41, 5.74) is 4.67. The lowest BCUT2D eigenvalue weighted by atomic mass is 9.81. The maximum atomic E-state index is 13.3. The molecule has 0 spiro atoms. The Hall–Kier alpha value is -3.41. The van der Waals surface area contributed by atoms with Gasteiger partial charge in [0.15, 0.2) is 0 Å². The number of ether oxygens (including phenoxy) is 1. The standard InChI is InChI=1S/C28H34N2O4/c1-6-29(7-2)27(32)22-15-13-21(14-16-22)18-30-20(5)26(28(33)34-8-3)24(17-25(30)31)23-12-10-9-11-19(23)4/h9-16,24H,6-8,17-18H2,1-5H3. The van der Waals surface area contributed by atoms with E-state index in [1.165, 1.54) is 0 Å². The predicted molar refractivity (Wildman–Crippen MR) is 132 cm³/mol. The number of esters is 1. The number of amides is 2. The number of rotatable bonds is 8. The first-order chi connectivity index (χ1) is 16.3. The van der Waals surface area contributed by atoms with Crippen LogP contribution in [-0.2, 0) is 20.9 Å². The highest BCUT2D eigenvalue weighted by atomic mass is 16.5. The van der Waals surface area contributed by atoms with E-state index in [0.29, 0.717) is 36.5 Å². The lowest BCUT2D eigenvalue weighted by Crippen LogP contribution is -2.38. The van der Waals surface area contributed by atoms with Crippen molar-refractivity contribution in [3.8, 4) is 0 Å². The molecule has 1 atom stereocenters. The third-order valence-corrected chi connectivity index (χ3v) is 6.47. The number of benzene rings is 2. The second-order valence-electron chi connectivity index (χ2n) is 8.49. The maximum Gasteiger partial charge on any atom is 0.336 e. The number of allylic oxidation sites excluding steroid dienone is 1. The van der Waals surface area contributed by atoms with E-state index >= 15 is 0 Å². The van der Waals surface area contributed by atoms with E-state index in [9.17, 15) is 14.4 Å². The summed E-state index contributed by atoms with van der Waals surface area (Å²) in [7, 11) is 0. The monoisotopic (exact) mass is 462 g/mol. The van der Waals surface area contributed by atoms with E-state index in [1.807, 2.05) is 64.1 Å². The molecule has 180 valence electrons. The molecule has 0 radical (unpaired) electrons. The van der Waals surface area contributed by atoms with E-state index < -0.39 is 0 Å². The van der Waals surface area contributed by atoms with Crippen molar-refractivity contribution in [3.05, 3.63) is 82.1 Å². The van der Waals surface area contributed by atoms with Crippen molar-refractivity contribution in [1.82, 2.24) is 9.80 Å². The Morgan fingerprint density at radius 3 is 2.24 bits per heavy atom. The van der Waals surface area contributed by atoms with E-state index in [1.54, 1.807) is 28.9 Å². The lowest BCUT2D eigenvalue weighted by molar-refractivity contribution is -0.140. The Labute approximate surface area is 202 Å². The van der Waals surface area contributed by atoms with E-state index in [2.05, 4.69) is 0 Å². The molecule has 0 saturated carbocycles. The summed E-state index contributed by atoms with van der Waals surface area (Å²) in [6.45, 7) is 11.4. The Balaban J connectivity index is 1.93. The van der Waals surface area contributed by atoms with Crippen molar-refractivity contribution >= 4 is 17.8 Å². The molecule has 0 fully saturated rings. The molecule has 0 bridgehead atoms. The molecule has 34 heavy (non-hydrogen) atoms. The smallest absolute Gasteiger partial charge is 0.336 e. The second kappa shape index (κ2) is 11.1. The second-order valence-corrected chi connectivity index (χ2v) is 8.49. The third-order valence-electron chi connectivity index (χ3n) is 6.47. The van der Waals surface area contributed by atoms with Gasteiger partial charge in [-0.1, -0.05) is 36.4 Å². The van der Waals surface area contributed by atoms with Gasteiger partial charge in [-0.15, -0.1) is 0 Å². The first-order valence-corrected chi connectivity index (χ1v) is 11.9. The molecule has 0 aromatic heterocycles. The number of aryl methyl sites for hydroxylation is 1. The summed E-state index contributed by atoms with van der Waals surface area (Å²) in [5, 5.41) is 0. The lowest BCUT2D eigenvalue weighted by Gasteiger charge is -2.35. The van der Waals surface area contributed by atoms with Crippen LogP contribution in [0.25, 0.3) is 0 Å². The first kappa shape index (κ1) is 25.2. The van der Waals surface area contributed by atoms with Crippen molar-refractivity contribution in [2.45, 2.75) is 53.5 Å². The van der Waals surface area contributed by atoms with Crippen LogP contribution in [0.4, 0.5) is 0 Å². The van der Waals surface area contributed by atoms with E-state index in [4.69, 9.17) is 4.74 Å². The van der Waals surface area contributed by atoms with Crippen molar-refractivity contribution in [2.24, 2.45) is 0 Å². The summed E-state index contributed by atoms with van der Waals surface area (Å²) in [6, 6.07) is 15.2. The molecule has 0 aliphatic carbocycles. The summed E-state index contributed by atoms with van der Waals surface area (Å²) < 4.78 is 5.39. The van der Waals surface area contributed by atoms with Gasteiger partial charge in [0.25, 0.3) is 5.91 Å². The summed E-state index contributed by atoms with van der Waals surface area (Å²) in [6.07, 6.45) is 0.203. The van der Waals surface area contributed by atoms with Crippen molar-refractivity contribution in [2.75, 3.05) is 19.7 Å². The molecule has 3 rings (SSSR count). The fourth-order valence-electron chi connectivity index (χ4n) is 4.55. The first-order valence-electron chi connectivity index (χ1n) is 11.9.